The zero-order chi connectivity index (χ0) is 12.3. The van der Waals surface area contributed by atoms with Gasteiger partial charge < -0.3 is 15.5 Å². The Morgan fingerprint density at radius 3 is 2.50 bits per heavy atom. The third-order valence-electron chi connectivity index (χ3n) is 2.24. The highest BCUT2D eigenvalue weighted by Gasteiger charge is 2.14. The molecule has 90 valence electrons. The summed E-state index contributed by atoms with van der Waals surface area (Å²) in [4.78, 5) is 0. The van der Waals surface area contributed by atoms with Gasteiger partial charge in [-0.25, -0.2) is 0 Å². The zero-order valence-electron chi connectivity index (χ0n) is 9.17. The average molecular weight is 264 g/mol. The van der Waals surface area contributed by atoms with Gasteiger partial charge >= 0.3 is 0 Å². The van der Waals surface area contributed by atoms with Gasteiger partial charge in [0.05, 0.1) is 11.1 Å². The van der Waals surface area contributed by atoms with Gasteiger partial charge in [-0.3, -0.25) is 0 Å². The van der Waals surface area contributed by atoms with Crippen molar-refractivity contribution in [3.05, 3.63) is 27.7 Å². The fourth-order valence-corrected chi connectivity index (χ4v) is 1.88. The Bertz CT molecular complexity index is 369. The van der Waals surface area contributed by atoms with Crippen LogP contribution in [0.3, 0.4) is 0 Å². The summed E-state index contributed by atoms with van der Waals surface area (Å²) in [5.74, 6) is 0.0247. The second kappa shape index (κ2) is 5.73. The van der Waals surface area contributed by atoms with Crippen LogP contribution in [0.2, 0.25) is 10.0 Å². The predicted octanol–water partition coefficient (Wildman–Crippen LogP) is 2.73. The molecular formula is C11H15Cl2NO2. The van der Waals surface area contributed by atoms with Gasteiger partial charge in [-0.05, 0) is 26.0 Å². The molecule has 2 unspecified atom stereocenters. The molecule has 0 aromatic heterocycles. The highest BCUT2D eigenvalue weighted by Crippen LogP contribution is 2.34. The summed E-state index contributed by atoms with van der Waals surface area (Å²) in [6, 6.07) is 3.01. The third-order valence-corrected chi connectivity index (χ3v) is 2.75. The maximum Gasteiger partial charge on any atom is 0.139 e. The van der Waals surface area contributed by atoms with E-state index in [1.807, 2.05) is 6.92 Å². The predicted molar refractivity (Wildman–Crippen MR) is 66.2 cm³/mol. The summed E-state index contributed by atoms with van der Waals surface area (Å²) in [5, 5.41) is 22.7. The summed E-state index contributed by atoms with van der Waals surface area (Å²) in [7, 11) is 0. The SMILES string of the molecule is CC(O)CNC(C)c1cc(Cl)cc(Cl)c1O. The van der Waals surface area contributed by atoms with E-state index in [0.717, 1.165) is 0 Å². The van der Waals surface area contributed by atoms with E-state index in [9.17, 15) is 5.11 Å². The molecule has 0 spiro atoms. The second-order valence-electron chi connectivity index (χ2n) is 3.80. The van der Waals surface area contributed by atoms with Crippen molar-refractivity contribution in [1.29, 1.82) is 0 Å². The third kappa shape index (κ3) is 3.52. The van der Waals surface area contributed by atoms with Crippen LogP contribution in [0.15, 0.2) is 12.1 Å². The van der Waals surface area contributed by atoms with Crippen molar-refractivity contribution in [1.82, 2.24) is 5.32 Å². The van der Waals surface area contributed by atoms with E-state index < -0.39 is 6.10 Å². The monoisotopic (exact) mass is 263 g/mol. The Balaban J connectivity index is 2.86. The number of phenols is 1. The maximum atomic E-state index is 9.76. The lowest BCUT2D eigenvalue weighted by molar-refractivity contribution is 0.187. The van der Waals surface area contributed by atoms with Gasteiger partial charge in [-0.2, -0.15) is 0 Å². The first-order valence-corrected chi connectivity index (χ1v) is 5.76. The molecule has 2 atom stereocenters. The molecule has 1 rings (SSSR count). The number of phenolic OH excluding ortho intramolecular Hbond substituents is 1. The maximum absolute atomic E-state index is 9.76. The molecule has 16 heavy (non-hydrogen) atoms. The fourth-order valence-electron chi connectivity index (χ4n) is 1.37. The Labute approximate surface area is 105 Å². The molecule has 1 aromatic carbocycles. The number of benzene rings is 1. The van der Waals surface area contributed by atoms with Crippen LogP contribution in [-0.2, 0) is 0 Å². The van der Waals surface area contributed by atoms with Crippen LogP contribution in [0.25, 0.3) is 0 Å². The summed E-state index contributed by atoms with van der Waals surface area (Å²) in [5.41, 5.74) is 0.623. The van der Waals surface area contributed by atoms with Crippen molar-refractivity contribution in [2.45, 2.75) is 26.0 Å². The smallest absolute Gasteiger partial charge is 0.139 e. The van der Waals surface area contributed by atoms with Crippen molar-refractivity contribution in [2.75, 3.05) is 6.54 Å². The Hall–Kier alpha value is -0.480. The molecule has 5 heteroatoms. The average Bonchev–Trinajstić information content (AvgIpc) is 2.19. The van der Waals surface area contributed by atoms with Gasteiger partial charge in [0.25, 0.3) is 0 Å². The minimum atomic E-state index is -0.445. The van der Waals surface area contributed by atoms with Crippen LogP contribution < -0.4 is 5.32 Å². The van der Waals surface area contributed by atoms with Crippen molar-refractivity contribution in [3.63, 3.8) is 0 Å². The molecule has 0 heterocycles. The van der Waals surface area contributed by atoms with E-state index in [1.54, 1.807) is 13.0 Å². The first-order valence-electron chi connectivity index (χ1n) is 5.01. The van der Waals surface area contributed by atoms with Gasteiger partial charge in [0.1, 0.15) is 5.75 Å². The zero-order valence-corrected chi connectivity index (χ0v) is 10.7. The molecule has 0 radical (unpaired) electrons. The minimum absolute atomic E-state index is 0.0247. The summed E-state index contributed by atoms with van der Waals surface area (Å²) < 4.78 is 0. The van der Waals surface area contributed by atoms with Crippen LogP contribution in [0.5, 0.6) is 5.75 Å². The van der Waals surface area contributed by atoms with E-state index in [-0.39, 0.29) is 16.8 Å². The highest BCUT2D eigenvalue weighted by molar-refractivity contribution is 6.35. The van der Waals surface area contributed by atoms with Gasteiger partial charge in [0.2, 0.25) is 0 Å². The quantitative estimate of drug-likeness (QED) is 0.783. The van der Waals surface area contributed by atoms with Crippen molar-refractivity contribution >= 4 is 23.2 Å². The van der Waals surface area contributed by atoms with Crippen molar-refractivity contribution in [3.8, 4) is 5.75 Å². The molecule has 0 aliphatic heterocycles. The Morgan fingerprint density at radius 2 is 1.94 bits per heavy atom. The van der Waals surface area contributed by atoms with Crippen LogP contribution in [0.1, 0.15) is 25.5 Å². The van der Waals surface area contributed by atoms with Crippen LogP contribution in [-0.4, -0.2) is 22.9 Å². The van der Waals surface area contributed by atoms with Crippen LogP contribution >= 0.6 is 23.2 Å². The van der Waals surface area contributed by atoms with Gasteiger partial charge in [0, 0.05) is 23.2 Å². The normalized spacial score (nSPS) is 14.8. The molecule has 0 amide bonds. The van der Waals surface area contributed by atoms with E-state index in [1.165, 1.54) is 6.07 Å². The summed E-state index contributed by atoms with van der Waals surface area (Å²) in [6.07, 6.45) is -0.445. The highest BCUT2D eigenvalue weighted by atomic mass is 35.5. The number of aliphatic hydroxyl groups excluding tert-OH is 1. The lowest BCUT2D eigenvalue weighted by Gasteiger charge is -2.17. The van der Waals surface area contributed by atoms with E-state index in [2.05, 4.69) is 5.32 Å². The molecule has 0 aliphatic carbocycles. The molecular weight excluding hydrogens is 249 g/mol. The van der Waals surface area contributed by atoms with E-state index in [0.29, 0.717) is 17.1 Å². The molecule has 0 saturated heterocycles. The molecule has 3 N–H and O–H groups in total. The first-order chi connectivity index (χ1) is 7.41. The van der Waals surface area contributed by atoms with Crippen LogP contribution in [0, 0.1) is 0 Å². The van der Waals surface area contributed by atoms with Gasteiger partial charge in [-0.15, -0.1) is 0 Å². The van der Waals surface area contributed by atoms with Gasteiger partial charge in [0.15, 0.2) is 0 Å². The second-order valence-corrected chi connectivity index (χ2v) is 4.65. The number of halogens is 2. The molecule has 1 aromatic rings. The number of hydrogen-bond donors (Lipinski definition) is 3. The van der Waals surface area contributed by atoms with Crippen molar-refractivity contribution < 1.29 is 10.2 Å². The van der Waals surface area contributed by atoms with Gasteiger partial charge in [-0.1, -0.05) is 23.2 Å². The molecule has 0 aliphatic rings. The Kier molecular flexibility index (Phi) is 4.87. The van der Waals surface area contributed by atoms with Crippen molar-refractivity contribution in [2.24, 2.45) is 0 Å². The summed E-state index contributed by atoms with van der Waals surface area (Å²) >= 11 is 11.7. The topological polar surface area (TPSA) is 52.5 Å². The molecule has 0 saturated carbocycles. The van der Waals surface area contributed by atoms with E-state index in [4.69, 9.17) is 28.3 Å². The standard InChI is InChI=1S/C11H15Cl2NO2/c1-6(15)5-14-7(2)9-3-8(12)4-10(13)11(9)16/h3-4,6-7,14-16H,5H2,1-2H3. The molecule has 0 fully saturated rings. The number of nitrogens with one attached hydrogen (secondary N) is 1. The molecule has 0 bridgehead atoms. The summed E-state index contributed by atoms with van der Waals surface area (Å²) in [6.45, 7) is 3.99. The largest absolute Gasteiger partial charge is 0.506 e. The number of rotatable bonds is 4. The Morgan fingerprint density at radius 1 is 1.31 bits per heavy atom. The van der Waals surface area contributed by atoms with Crippen LogP contribution in [0.4, 0.5) is 0 Å². The minimum Gasteiger partial charge on any atom is -0.506 e. The molecule has 3 nitrogen and oxygen atoms in total. The number of aliphatic hydroxyl groups is 1. The number of aromatic hydroxyl groups is 1. The number of hydrogen-bond acceptors (Lipinski definition) is 3. The first kappa shape index (κ1) is 13.6. The van der Waals surface area contributed by atoms with E-state index >= 15 is 0 Å². The lowest BCUT2D eigenvalue weighted by Crippen LogP contribution is -2.27. The fraction of sp³-hybridized carbons (Fsp3) is 0.455. The lowest BCUT2D eigenvalue weighted by atomic mass is 10.1.